The third-order valence-electron chi connectivity index (χ3n) is 2.22. The number of thiazole rings is 1. The molecule has 16 heavy (non-hydrogen) atoms. The molecule has 0 radical (unpaired) electrons. The molecule has 1 atom stereocenters. The smallest absolute Gasteiger partial charge is 0.183 e. The van der Waals surface area contributed by atoms with Crippen molar-refractivity contribution in [2.45, 2.75) is 32.9 Å². The van der Waals surface area contributed by atoms with Crippen LogP contribution in [0, 0.1) is 0 Å². The van der Waals surface area contributed by atoms with E-state index in [9.17, 15) is 0 Å². The second kappa shape index (κ2) is 4.71. The number of nitrogens with zero attached hydrogens (tertiary/aromatic N) is 4. The van der Waals surface area contributed by atoms with Crippen molar-refractivity contribution in [1.82, 2.24) is 19.7 Å². The van der Waals surface area contributed by atoms with Crippen LogP contribution in [0.25, 0.3) is 11.5 Å². The fraction of sp³-hybridized carbons (Fsp3) is 0.500. The van der Waals surface area contributed by atoms with Crippen molar-refractivity contribution >= 4 is 11.3 Å². The normalized spacial score (nSPS) is 12.9. The lowest BCUT2D eigenvalue weighted by Crippen LogP contribution is -2.04. The van der Waals surface area contributed by atoms with Gasteiger partial charge in [-0.25, -0.2) is 4.98 Å². The molecule has 0 aliphatic rings. The number of aryl methyl sites for hydroxylation is 1. The molecule has 6 heteroatoms. The van der Waals surface area contributed by atoms with Crippen LogP contribution < -0.4 is 5.73 Å². The zero-order valence-electron chi connectivity index (χ0n) is 9.42. The van der Waals surface area contributed by atoms with Crippen LogP contribution in [0.1, 0.15) is 31.3 Å². The molecule has 1 unspecified atom stereocenters. The first-order chi connectivity index (χ1) is 7.72. The molecular formula is C10H15N5S. The van der Waals surface area contributed by atoms with Gasteiger partial charge >= 0.3 is 0 Å². The molecule has 0 saturated carbocycles. The highest BCUT2D eigenvalue weighted by atomic mass is 32.1. The van der Waals surface area contributed by atoms with Crippen molar-refractivity contribution in [1.29, 1.82) is 0 Å². The van der Waals surface area contributed by atoms with Crippen LogP contribution >= 0.6 is 11.3 Å². The SMILES string of the molecule is CCCn1cnnc1-c1csc(C(C)N)n1. The largest absolute Gasteiger partial charge is 0.322 e. The van der Waals surface area contributed by atoms with E-state index in [1.165, 1.54) is 0 Å². The van der Waals surface area contributed by atoms with Gasteiger partial charge in [0.05, 0.1) is 6.04 Å². The maximum Gasteiger partial charge on any atom is 0.183 e. The van der Waals surface area contributed by atoms with Gasteiger partial charge in [-0.3, -0.25) is 0 Å². The van der Waals surface area contributed by atoms with E-state index in [4.69, 9.17) is 5.73 Å². The summed E-state index contributed by atoms with van der Waals surface area (Å²) in [6.07, 6.45) is 2.79. The second-order valence-electron chi connectivity index (χ2n) is 3.71. The summed E-state index contributed by atoms with van der Waals surface area (Å²) in [5.74, 6) is 0.824. The van der Waals surface area contributed by atoms with E-state index in [2.05, 4.69) is 22.1 Å². The van der Waals surface area contributed by atoms with Gasteiger partial charge in [-0.2, -0.15) is 0 Å². The first kappa shape index (κ1) is 11.2. The maximum absolute atomic E-state index is 5.78. The van der Waals surface area contributed by atoms with Gasteiger partial charge in [0, 0.05) is 11.9 Å². The standard InChI is InChI=1S/C10H15N5S/c1-3-4-15-6-12-14-9(15)8-5-16-10(13-8)7(2)11/h5-7H,3-4,11H2,1-2H3. The molecule has 0 aliphatic heterocycles. The topological polar surface area (TPSA) is 69.6 Å². The van der Waals surface area contributed by atoms with Crippen LogP contribution in [-0.4, -0.2) is 19.7 Å². The van der Waals surface area contributed by atoms with E-state index < -0.39 is 0 Å². The van der Waals surface area contributed by atoms with E-state index in [1.54, 1.807) is 17.7 Å². The molecule has 5 nitrogen and oxygen atoms in total. The molecule has 0 aliphatic carbocycles. The Hall–Kier alpha value is -1.27. The lowest BCUT2D eigenvalue weighted by Gasteiger charge is -2.01. The molecule has 86 valence electrons. The molecule has 2 rings (SSSR count). The summed E-state index contributed by atoms with van der Waals surface area (Å²) in [6.45, 7) is 4.96. The molecule has 2 heterocycles. The Kier molecular flexibility index (Phi) is 3.31. The lowest BCUT2D eigenvalue weighted by molar-refractivity contribution is 0.681. The predicted molar refractivity (Wildman–Crippen MR) is 64.0 cm³/mol. The monoisotopic (exact) mass is 237 g/mol. The minimum Gasteiger partial charge on any atom is -0.322 e. The molecule has 2 aromatic rings. The average molecular weight is 237 g/mol. The molecule has 2 N–H and O–H groups in total. The van der Waals surface area contributed by atoms with Crippen molar-refractivity contribution < 1.29 is 0 Å². The minimum absolute atomic E-state index is 0.0266. The number of rotatable bonds is 4. The van der Waals surface area contributed by atoms with Crippen LogP contribution in [0.5, 0.6) is 0 Å². The molecule has 2 aromatic heterocycles. The molecule has 0 aromatic carbocycles. The quantitative estimate of drug-likeness (QED) is 0.880. The Morgan fingerprint density at radius 2 is 2.38 bits per heavy atom. The highest BCUT2D eigenvalue weighted by molar-refractivity contribution is 7.10. The number of aromatic nitrogens is 4. The Morgan fingerprint density at radius 1 is 1.56 bits per heavy atom. The summed E-state index contributed by atoms with van der Waals surface area (Å²) < 4.78 is 2.01. The zero-order chi connectivity index (χ0) is 11.5. The Balaban J connectivity index is 2.31. The van der Waals surface area contributed by atoms with Crippen LogP contribution in [-0.2, 0) is 6.54 Å². The van der Waals surface area contributed by atoms with Crippen LogP contribution in [0.15, 0.2) is 11.7 Å². The van der Waals surface area contributed by atoms with Gasteiger partial charge in [0.25, 0.3) is 0 Å². The summed E-state index contributed by atoms with van der Waals surface area (Å²) in [4.78, 5) is 4.47. The third-order valence-corrected chi connectivity index (χ3v) is 3.27. The van der Waals surface area contributed by atoms with E-state index in [0.29, 0.717) is 0 Å². The Bertz CT molecular complexity index is 459. The van der Waals surface area contributed by atoms with Gasteiger partial charge in [-0.1, -0.05) is 6.92 Å². The summed E-state index contributed by atoms with van der Waals surface area (Å²) in [6, 6.07) is -0.0266. The summed E-state index contributed by atoms with van der Waals surface area (Å²) in [7, 11) is 0. The fourth-order valence-electron chi connectivity index (χ4n) is 1.46. The van der Waals surface area contributed by atoms with Gasteiger partial charge in [0.1, 0.15) is 17.0 Å². The van der Waals surface area contributed by atoms with E-state index in [-0.39, 0.29) is 6.04 Å². The molecule has 0 spiro atoms. The van der Waals surface area contributed by atoms with Crippen molar-refractivity contribution in [2.24, 2.45) is 5.73 Å². The highest BCUT2D eigenvalue weighted by Crippen LogP contribution is 2.22. The van der Waals surface area contributed by atoms with Crippen LogP contribution in [0.2, 0.25) is 0 Å². The molecule has 0 saturated heterocycles. The molecule has 0 amide bonds. The van der Waals surface area contributed by atoms with E-state index >= 15 is 0 Å². The fourth-order valence-corrected chi connectivity index (χ4v) is 2.21. The summed E-state index contributed by atoms with van der Waals surface area (Å²) in [5.41, 5.74) is 6.65. The molecular weight excluding hydrogens is 222 g/mol. The maximum atomic E-state index is 5.78. The first-order valence-corrected chi connectivity index (χ1v) is 6.19. The van der Waals surface area contributed by atoms with E-state index in [1.807, 2.05) is 16.9 Å². The number of nitrogens with two attached hydrogens (primary N) is 1. The first-order valence-electron chi connectivity index (χ1n) is 5.31. The van der Waals surface area contributed by atoms with Crippen molar-refractivity contribution in [3.8, 4) is 11.5 Å². The van der Waals surface area contributed by atoms with Gasteiger partial charge < -0.3 is 10.3 Å². The summed E-state index contributed by atoms with van der Waals surface area (Å²) in [5, 5.41) is 10.9. The summed E-state index contributed by atoms with van der Waals surface area (Å²) >= 11 is 1.57. The third kappa shape index (κ3) is 2.12. The zero-order valence-corrected chi connectivity index (χ0v) is 10.2. The van der Waals surface area contributed by atoms with Crippen LogP contribution in [0.4, 0.5) is 0 Å². The van der Waals surface area contributed by atoms with Crippen LogP contribution in [0.3, 0.4) is 0 Å². The van der Waals surface area contributed by atoms with Gasteiger partial charge in [0.15, 0.2) is 5.82 Å². The number of hydrogen-bond acceptors (Lipinski definition) is 5. The van der Waals surface area contributed by atoms with Gasteiger partial charge in [-0.05, 0) is 13.3 Å². The van der Waals surface area contributed by atoms with Crippen molar-refractivity contribution in [2.75, 3.05) is 0 Å². The second-order valence-corrected chi connectivity index (χ2v) is 4.60. The Morgan fingerprint density at radius 3 is 3.00 bits per heavy atom. The highest BCUT2D eigenvalue weighted by Gasteiger charge is 2.12. The Labute approximate surface area is 98.3 Å². The van der Waals surface area contributed by atoms with Crippen molar-refractivity contribution in [3.63, 3.8) is 0 Å². The van der Waals surface area contributed by atoms with Gasteiger partial charge in [0.2, 0.25) is 0 Å². The molecule has 0 fully saturated rings. The number of hydrogen-bond donors (Lipinski definition) is 1. The van der Waals surface area contributed by atoms with E-state index in [0.717, 1.165) is 29.5 Å². The average Bonchev–Trinajstić information content (AvgIpc) is 2.84. The van der Waals surface area contributed by atoms with Gasteiger partial charge in [-0.15, -0.1) is 21.5 Å². The minimum atomic E-state index is -0.0266. The predicted octanol–water partition coefficient (Wildman–Crippen LogP) is 1.83. The van der Waals surface area contributed by atoms with Crippen molar-refractivity contribution in [3.05, 3.63) is 16.7 Å². The lowest BCUT2D eigenvalue weighted by atomic mass is 10.4. The molecule has 0 bridgehead atoms.